The number of hydrogen-bond donors (Lipinski definition) is 1. The average molecular weight is 413 g/mol. The van der Waals surface area contributed by atoms with E-state index in [-0.39, 0.29) is 24.3 Å². The summed E-state index contributed by atoms with van der Waals surface area (Å²) >= 11 is 0. The molecule has 1 aliphatic heterocycles. The first kappa shape index (κ1) is 20.8. The van der Waals surface area contributed by atoms with E-state index in [2.05, 4.69) is 5.32 Å². The average Bonchev–Trinajstić information content (AvgIpc) is 2.77. The zero-order valence-electron chi connectivity index (χ0n) is 16.3. The minimum atomic E-state index is -0.961. The third kappa shape index (κ3) is 4.07. The molecule has 0 aromatic heterocycles. The number of anilines is 1. The first-order valence-corrected chi connectivity index (χ1v) is 9.11. The number of carbonyl (C=O) groups excluding carboxylic acids is 3. The zero-order valence-corrected chi connectivity index (χ0v) is 16.3. The maximum atomic E-state index is 13.3. The highest BCUT2D eigenvalue weighted by Gasteiger charge is 2.34. The van der Waals surface area contributed by atoms with Gasteiger partial charge in [0.2, 0.25) is 0 Å². The maximum absolute atomic E-state index is 13.3. The van der Waals surface area contributed by atoms with Crippen molar-refractivity contribution in [3.63, 3.8) is 0 Å². The molecular formula is C20H19N3O7. The number of esters is 1. The number of carbonyl (C=O) groups is 3. The number of nitrogens with one attached hydrogen (secondary N) is 1. The van der Waals surface area contributed by atoms with E-state index in [0.717, 1.165) is 12.1 Å². The molecule has 1 heterocycles. The predicted molar refractivity (Wildman–Crippen MR) is 106 cm³/mol. The topological polar surface area (TPSA) is 128 Å². The van der Waals surface area contributed by atoms with Gasteiger partial charge < -0.3 is 19.7 Å². The van der Waals surface area contributed by atoms with Crippen molar-refractivity contribution < 1.29 is 28.8 Å². The van der Waals surface area contributed by atoms with Crippen LogP contribution in [-0.2, 0) is 9.53 Å². The number of amides is 2. The molecule has 10 nitrogen and oxygen atoms in total. The fraction of sp³-hybridized carbons (Fsp3) is 0.250. The van der Waals surface area contributed by atoms with Gasteiger partial charge in [-0.3, -0.25) is 19.7 Å². The summed E-state index contributed by atoms with van der Waals surface area (Å²) in [6, 6.07) is 10.0. The highest BCUT2D eigenvalue weighted by Crippen LogP contribution is 2.34. The number of hydrogen-bond acceptors (Lipinski definition) is 7. The van der Waals surface area contributed by atoms with E-state index in [1.165, 1.54) is 18.0 Å². The van der Waals surface area contributed by atoms with Crippen molar-refractivity contribution in [2.45, 2.75) is 13.0 Å². The van der Waals surface area contributed by atoms with Crippen LogP contribution in [0.5, 0.6) is 5.75 Å². The van der Waals surface area contributed by atoms with Crippen molar-refractivity contribution in [1.29, 1.82) is 0 Å². The number of nitro benzene ring substituents is 1. The highest BCUT2D eigenvalue weighted by molar-refractivity contribution is 6.09. The van der Waals surface area contributed by atoms with Crippen LogP contribution in [0.2, 0.25) is 0 Å². The van der Waals surface area contributed by atoms with Crippen molar-refractivity contribution in [2.75, 3.05) is 25.1 Å². The van der Waals surface area contributed by atoms with Gasteiger partial charge in [-0.15, -0.1) is 0 Å². The van der Waals surface area contributed by atoms with Gasteiger partial charge >= 0.3 is 5.97 Å². The molecule has 0 saturated heterocycles. The summed E-state index contributed by atoms with van der Waals surface area (Å²) in [5.74, 6) is -1.50. The third-order valence-corrected chi connectivity index (χ3v) is 4.44. The van der Waals surface area contributed by atoms with Crippen LogP contribution in [-0.4, -0.2) is 49.0 Å². The molecule has 0 bridgehead atoms. The first-order chi connectivity index (χ1) is 14.3. The standard InChI is InChI=1S/C20H19N3O7/c1-3-29-20(26)13-8-12(9-14(10-13)23(27)28)19(25)22-11-17(18(24)21-2)30-16-7-5-4-6-15(16)22/h4-10,17H,3,11H2,1-2H3,(H,21,24)/t17-/m0/s1. The lowest BCUT2D eigenvalue weighted by molar-refractivity contribution is -0.384. The molecule has 2 aromatic carbocycles. The van der Waals surface area contributed by atoms with E-state index < -0.39 is 34.5 Å². The van der Waals surface area contributed by atoms with Gasteiger partial charge in [0.15, 0.2) is 6.10 Å². The molecule has 1 N–H and O–H groups in total. The molecule has 0 aliphatic carbocycles. The van der Waals surface area contributed by atoms with E-state index in [4.69, 9.17) is 9.47 Å². The van der Waals surface area contributed by atoms with Crippen LogP contribution in [0.25, 0.3) is 0 Å². The number of benzene rings is 2. The van der Waals surface area contributed by atoms with Gasteiger partial charge in [0.05, 0.1) is 29.3 Å². The van der Waals surface area contributed by atoms with Gasteiger partial charge in [-0.2, -0.15) is 0 Å². The van der Waals surface area contributed by atoms with Gasteiger partial charge in [0.25, 0.3) is 17.5 Å². The number of para-hydroxylation sites is 2. The van der Waals surface area contributed by atoms with Crippen LogP contribution in [0.4, 0.5) is 11.4 Å². The number of likely N-dealkylation sites (N-methyl/N-ethyl adjacent to an activating group) is 1. The highest BCUT2D eigenvalue weighted by atomic mass is 16.6. The van der Waals surface area contributed by atoms with E-state index in [9.17, 15) is 24.5 Å². The monoisotopic (exact) mass is 413 g/mol. The minimum absolute atomic E-state index is 0.0788. The molecule has 0 saturated carbocycles. The maximum Gasteiger partial charge on any atom is 0.338 e. The summed E-state index contributed by atoms with van der Waals surface area (Å²) in [5.41, 5.74) is -0.210. The Morgan fingerprint density at radius 2 is 1.93 bits per heavy atom. The number of non-ortho nitro benzene ring substituents is 1. The fourth-order valence-corrected chi connectivity index (χ4v) is 3.05. The van der Waals surface area contributed by atoms with E-state index in [1.807, 2.05) is 0 Å². The molecule has 0 spiro atoms. The zero-order chi connectivity index (χ0) is 21.8. The van der Waals surface area contributed by atoms with Crippen LogP contribution < -0.4 is 15.0 Å². The molecule has 0 radical (unpaired) electrons. The molecule has 0 fully saturated rings. The number of nitro groups is 1. The summed E-state index contributed by atoms with van der Waals surface area (Å²) in [7, 11) is 1.45. The second-order valence-corrected chi connectivity index (χ2v) is 6.35. The number of ether oxygens (including phenoxy) is 2. The summed E-state index contributed by atoms with van der Waals surface area (Å²) < 4.78 is 10.6. The smallest absolute Gasteiger partial charge is 0.338 e. The molecule has 2 aromatic rings. The second kappa shape index (κ2) is 8.60. The lowest BCUT2D eigenvalue weighted by Crippen LogP contribution is -2.50. The van der Waals surface area contributed by atoms with Crippen molar-refractivity contribution in [3.8, 4) is 5.75 Å². The third-order valence-electron chi connectivity index (χ3n) is 4.44. The summed E-state index contributed by atoms with van der Waals surface area (Å²) in [6.07, 6.45) is -0.961. The van der Waals surface area contributed by atoms with Gasteiger partial charge in [-0.05, 0) is 25.1 Å². The molecule has 1 atom stereocenters. The molecule has 1 aliphatic rings. The van der Waals surface area contributed by atoms with Gasteiger partial charge in [0.1, 0.15) is 5.75 Å². The molecule has 0 unspecified atom stereocenters. The van der Waals surface area contributed by atoms with Crippen molar-refractivity contribution >= 4 is 29.2 Å². The van der Waals surface area contributed by atoms with Crippen LogP contribution in [0, 0.1) is 10.1 Å². The van der Waals surface area contributed by atoms with Crippen LogP contribution in [0.1, 0.15) is 27.6 Å². The van der Waals surface area contributed by atoms with Gasteiger partial charge in [0, 0.05) is 24.7 Å². The minimum Gasteiger partial charge on any atom is -0.477 e. The Morgan fingerprint density at radius 3 is 2.60 bits per heavy atom. The quantitative estimate of drug-likeness (QED) is 0.450. The van der Waals surface area contributed by atoms with Crippen molar-refractivity contribution in [1.82, 2.24) is 5.32 Å². The predicted octanol–water partition coefficient (Wildman–Crippen LogP) is 1.93. The van der Waals surface area contributed by atoms with Crippen LogP contribution >= 0.6 is 0 Å². The lowest BCUT2D eigenvalue weighted by atomic mass is 10.1. The molecular weight excluding hydrogens is 394 g/mol. The number of nitrogens with zero attached hydrogens (tertiary/aromatic N) is 2. The molecule has 156 valence electrons. The first-order valence-electron chi connectivity index (χ1n) is 9.11. The summed E-state index contributed by atoms with van der Waals surface area (Å²) in [5, 5.41) is 13.8. The Kier molecular flexibility index (Phi) is 5.95. The Hall–Kier alpha value is -3.95. The molecule has 30 heavy (non-hydrogen) atoms. The normalized spacial score (nSPS) is 14.9. The number of fused-ring (bicyclic) bond motifs is 1. The van der Waals surface area contributed by atoms with Crippen LogP contribution in [0.15, 0.2) is 42.5 Å². The van der Waals surface area contributed by atoms with Gasteiger partial charge in [-0.25, -0.2) is 4.79 Å². The number of rotatable bonds is 5. The molecule has 10 heteroatoms. The SMILES string of the molecule is CCOC(=O)c1cc(C(=O)N2C[C@@H](C(=O)NC)Oc3ccccc32)cc([N+](=O)[O-])c1. The Bertz CT molecular complexity index is 1020. The summed E-state index contributed by atoms with van der Waals surface area (Å²) in [6.45, 7) is 1.58. The largest absolute Gasteiger partial charge is 0.477 e. The summed E-state index contributed by atoms with van der Waals surface area (Å²) in [4.78, 5) is 49.4. The molecule has 3 rings (SSSR count). The van der Waals surface area contributed by atoms with E-state index in [1.54, 1.807) is 31.2 Å². The lowest BCUT2D eigenvalue weighted by Gasteiger charge is -2.34. The van der Waals surface area contributed by atoms with E-state index >= 15 is 0 Å². The van der Waals surface area contributed by atoms with E-state index in [0.29, 0.717) is 11.4 Å². The van der Waals surface area contributed by atoms with Crippen molar-refractivity contribution in [2.24, 2.45) is 0 Å². The fourth-order valence-electron chi connectivity index (χ4n) is 3.05. The second-order valence-electron chi connectivity index (χ2n) is 6.35. The Balaban J connectivity index is 2.05. The van der Waals surface area contributed by atoms with Crippen LogP contribution in [0.3, 0.4) is 0 Å². The van der Waals surface area contributed by atoms with Crippen molar-refractivity contribution in [3.05, 3.63) is 63.7 Å². The molecule has 2 amide bonds. The Labute approximate surface area is 171 Å². The van der Waals surface area contributed by atoms with Gasteiger partial charge in [-0.1, -0.05) is 12.1 Å². The Morgan fingerprint density at radius 1 is 1.23 bits per heavy atom.